The molecule has 5 heteroatoms. The van der Waals surface area contributed by atoms with E-state index in [1.807, 2.05) is 0 Å². The van der Waals surface area contributed by atoms with Gasteiger partial charge in [-0.2, -0.15) is 0 Å². The molecule has 0 amide bonds. The molecular formula is H2LiOPTiZr. The van der Waals surface area contributed by atoms with Gasteiger partial charge in [-0.05, 0) is 0 Å². The van der Waals surface area contributed by atoms with Gasteiger partial charge < -0.3 is 0 Å². The fraction of sp³-hybridized carbons (Fsp3) is 0. The molecule has 0 aromatic heterocycles. The van der Waals surface area contributed by atoms with E-state index in [9.17, 15) is 0 Å². The van der Waals surface area contributed by atoms with E-state index >= 15 is 0 Å². The van der Waals surface area contributed by atoms with Crippen LogP contribution in [0, 0.1) is 0 Å². The first-order valence-electron chi connectivity index (χ1n) is 0.204. The van der Waals surface area contributed by atoms with Gasteiger partial charge in [0.15, 0.2) is 0 Å². The third kappa shape index (κ3) is 22.0. The Morgan fingerprint density at radius 3 is 1.20 bits per heavy atom. The van der Waals surface area contributed by atoms with E-state index in [0.29, 0.717) is 0 Å². The van der Waals surface area contributed by atoms with Gasteiger partial charge in [-0.3, -0.25) is 4.57 Å². The fourth-order valence-electron chi connectivity index (χ4n) is 0. The van der Waals surface area contributed by atoms with Gasteiger partial charge >= 0.3 is 18.9 Å². The second-order valence-electron chi connectivity index (χ2n) is 0. The first-order valence-corrected chi connectivity index (χ1v) is 0.612. The molecule has 0 aliphatic carbocycles. The predicted octanol–water partition coefficient (Wildman–Crippen LogP) is -0.179. The molecule has 0 aliphatic rings. The van der Waals surface area contributed by atoms with E-state index in [2.05, 4.69) is 0 Å². The van der Waals surface area contributed by atoms with Crippen LogP contribution in [-0.2, 0) is 52.5 Å². The topological polar surface area (TPSA) is 17.1 Å². The van der Waals surface area contributed by atoms with Gasteiger partial charge in [0.05, 0.1) is 0 Å². The summed E-state index contributed by atoms with van der Waals surface area (Å²) in [5, 5.41) is 0. The normalized spacial score (nSPS) is 0.800. The average molecular weight is 195 g/mol. The summed E-state index contributed by atoms with van der Waals surface area (Å²) in [6.45, 7) is 0. The van der Waals surface area contributed by atoms with Crippen LogP contribution in [0.25, 0.3) is 0 Å². The quantitative estimate of drug-likeness (QED) is 0.387. The Hall–Kier alpha value is 2.29. The molecule has 0 rings (SSSR count). The van der Waals surface area contributed by atoms with Gasteiger partial charge in [0.25, 0.3) is 0 Å². The van der Waals surface area contributed by atoms with E-state index in [-0.39, 0.29) is 66.8 Å². The molecule has 0 aromatic rings. The van der Waals surface area contributed by atoms with Crippen LogP contribution >= 0.6 is 9.12 Å². The molecule has 0 aromatic carbocycles. The zero-order valence-electron chi connectivity index (χ0n) is 1.91. The molecule has 0 fully saturated rings. The van der Waals surface area contributed by atoms with Crippen molar-refractivity contribution in [1.29, 1.82) is 0 Å². The van der Waals surface area contributed by atoms with Crippen molar-refractivity contribution in [2.75, 3.05) is 0 Å². The number of hydrogen-bond acceptors (Lipinski definition) is 1. The number of hydrogen-bond donors (Lipinski definition) is 0. The van der Waals surface area contributed by atoms with Gasteiger partial charge in [0, 0.05) is 47.9 Å². The molecule has 0 saturated carbocycles. The second kappa shape index (κ2) is 33.5. The second-order valence-corrected chi connectivity index (χ2v) is 0. The molecular weight excluding hydrogens is 193 g/mol. The Morgan fingerprint density at radius 2 is 1.20 bits per heavy atom. The van der Waals surface area contributed by atoms with Crippen LogP contribution in [-0.4, -0.2) is 18.9 Å². The zero-order valence-corrected chi connectivity index (χ0v) is 6.93. The Labute approximate surface area is 79.5 Å². The van der Waals surface area contributed by atoms with Crippen molar-refractivity contribution in [3.8, 4) is 0 Å². The van der Waals surface area contributed by atoms with Gasteiger partial charge in [0.1, 0.15) is 9.12 Å². The molecule has 1 nitrogen and oxygen atoms in total. The molecule has 0 bridgehead atoms. The summed E-state index contributed by atoms with van der Waals surface area (Å²) >= 11 is 0. The monoisotopic (exact) mass is 194 g/mol. The maximum absolute atomic E-state index is 8.06. The van der Waals surface area contributed by atoms with E-state index in [1.54, 1.807) is 9.12 Å². The minimum absolute atomic E-state index is 0. The zero-order chi connectivity index (χ0) is 2.00. The SMILES string of the molecule is O=P.[LiH].[Ti].[Zr]. The van der Waals surface area contributed by atoms with Gasteiger partial charge in [-0.15, -0.1) is 0 Å². The third-order valence-corrected chi connectivity index (χ3v) is 0. The van der Waals surface area contributed by atoms with Crippen molar-refractivity contribution in [3.63, 3.8) is 0 Å². The van der Waals surface area contributed by atoms with Crippen molar-refractivity contribution in [1.82, 2.24) is 0 Å². The van der Waals surface area contributed by atoms with Gasteiger partial charge in [-0.25, -0.2) is 0 Å². The van der Waals surface area contributed by atoms with E-state index in [4.69, 9.17) is 4.57 Å². The summed E-state index contributed by atoms with van der Waals surface area (Å²) in [5.41, 5.74) is 0. The Bertz CT molecular complexity index is 11.6. The van der Waals surface area contributed by atoms with Gasteiger partial charge in [0.2, 0.25) is 0 Å². The summed E-state index contributed by atoms with van der Waals surface area (Å²) in [5.74, 6) is 0. The molecule has 0 radical (unpaired) electrons. The minimum Gasteiger partial charge on any atom is 0 e. The summed E-state index contributed by atoms with van der Waals surface area (Å²) in [4.78, 5) is 0. The van der Waals surface area contributed by atoms with Crippen LogP contribution in [0.15, 0.2) is 0 Å². The summed E-state index contributed by atoms with van der Waals surface area (Å²) in [7, 11) is 1.72. The molecule has 5 heavy (non-hydrogen) atoms. The van der Waals surface area contributed by atoms with Crippen LogP contribution in [0.4, 0.5) is 0 Å². The summed E-state index contributed by atoms with van der Waals surface area (Å²) in [6, 6.07) is 0. The van der Waals surface area contributed by atoms with Gasteiger partial charge in [-0.1, -0.05) is 0 Å². The smallest absolute Gasteiger partial charge is 0 e. The maximum Gasteiger partial charge on any atom is 0 e. The van der Waals surface area contributed by atoms with Crippen LogP contribution < -0.4 is 0 Å². The third-order valence-electron chi connectivity index (χ3n) is 0. The first kappa shape index (κ1) is 26.6. The maximum atomic E-state index is 8.06. The standard InChI is InChI=1S/Li.HOP.Ti.Zr.H/c;1-2;;;/h;2H;;;. The van der Waals surface area contributed by atoms with E-state index < -0.39 is 0 Å². The molecule has 0 unspecified atom stereocenters. The molecule has 0 atom stereocenters. The predicted molar refractivity (Wildman–Crippen MR) is 16.2 cm³/mol. The Morgan fingerprint density at radius 1 is 1.20 bits per heavy atom. The van der Waals surface area contributed by atoms with Crippen molar-refractivity contribution < 1.29 is 52.5 Å². The van der Waals surface area contributed by atoms with Crippen molar-refractivity contribution in [3.05, 3.63) is 0 Å². The van der Waals surface area contributed by atoms with Crippen LogP contribution in [0.1, 0.15) is 0 Å². The van der Waals surface area contributed by atoms with Crippen molar-refractivity contribution in [2.45, 2.75) is 0 Å². The molecule has 0 heterocycles. The largest absolute Gasteiger partial charge is 0 e. The van der Waals surface area contributed by atoms with E-state index in [1.165, 1.54) is 0 Å². The molecule has 0 N–H and O–H groups in total. The van der Waals surface area contributed by atoms with Crippen molar-refractivity contribution in [2.24, 2.45) is 0 Å². The van der Waals surface area contributed by atoms with Crippen LogP contribution in [0.2, 0.25) is 0 Å². The molecule has 0 spiro atoms. The summed E-state index contributed by atoms with van der Waals surface area (Å²) in [6.07, 6.45) is 0. The summed E-state index contributed by atoms with van der Waals surface area (Å²) < 4.78 is 8.06. The Kier molecular flexibility index (Phi) is 178. The van der Waals surface area contributed by atoms with E-state index in [0.717, 1.165) is 0 Å². The molecule has 22 valence electrons. The van der Waals surface area contributed by atoms with Crippen LogP contribution in [0.5, 0.6) is 0 Å². The average Bonchev–Trinajstić information content (AvgIpc) is 1.00. The van der Waals surface area contributed by atoms with Crippen LogP contribution in [0.3, 0.4) is 0 Å². The molecule has 0 saturated heterocycles. The van der Waals surface area contributed by atoms with Crippen molar-refractivity contribution >= 4 is 28.0 Å². The first-order chi connectivity index (χ1) is 1.00. The minimum atomic E-state index is 0. The molecule has 0 aliphatic heterocycles. The Balaban J connectivity index is -0.00000000167. The fourth-order valence-corrected chi connectivity index (χ4v) is 0. The number of rotatable bonds is 0.